The summed E-state index contributed by atoms with van der Waals surface area (Å²) in [6, 6.07) is 6.11. The van der Waals surface area contributed by atoms with Gasteiger partial charge in [0.15, 0.2) is 0 Å². The topological polar surface area (TPSA) is 33.3 Å². The lowest BCUT2D eigenvalue weighted by molar-refractivity contribution is 0.409. The second kappa shape index (κ2) is 8.50. The van der Waals surface area contributed by atoms with Gasteiger partial charge in [0, 0.05) is 17.6 Å². The molecule has 0 aromatic heterocycles. The third-order valence-electron chi connectivity index (χ3n) is 2.54. The van der Waals surface area contributed by atoms with Crippen molar-refractivity contribution in [3.05, 3.63) is 28.2 Å². The summed E-state index contributed by atoms with van der Waals surface area (Å²) in [6.45, 7) is 6.14. The van der Waals surface area contributed by atoms with Gasteiger partial charge in [0.2, 0.25) is 0 Å². The van der Waals surface area contributed by atoms with E-state index in [9.17, 15) is 0 Å². The predicted octanol–water partition coefficient (Wildman–Crippen LogP) is 2.20. The van der Waals surface area contributed by atoms with Crippen LogP contribution in [0.2, 0.25) is 0 Å². The van der Waals surface area contributed by atoms with Gasteiger partial charge in [-0.15, -0.1) is 0 Å². The summed E-state index contributed by atoms with van der Waals surface area (Å²) in [7, 11) is 1.71. The van der Waals surface area contributed by atoms with E-state index in [1.165, 1.54) is 5.56 Å². The highest BCUT2D eigenvalue weighted by Crippen LogP contribution is 2.22. The first-order valence-corrected chi connectivity index (χ1v) is 6.81. The zero-order chi connectivity index (χ0) is 12.5. The molecular weight excluding hydrogens is 280 g/mol. The molecule has 0 saturated heterocycles. The second-order valence-corrected chi connectivity index (χ2v) is 4.73. The van der Waals surface area contributed by atoms with Crippen LogP contribution in [-0.4, -0.2) is 33.3 Å². The monoisotopic (exact) mass is 300 g/mol. The van der Waals surface area contributed by atoms with E-state index in [-0.39, 0.29) is 0 Å². The Morgan fingerprint density at radius 1 is 1.18 bits per heavy atom. The largest absolute Gasteiger partial charge is 0.496 e. The number of likely N-dealkylation sites (N-methyl/N-ethyl adjacent to an activating group) is 1. The Bertz CT molecular complexity index is 331. The molecule has 0 atom stereocenters. The van der Waals surface area contributed by atoms with Crippen molar-refractivity contribution < 1.29 is 4.74 Å². The number of methoxy groups -OCH3 is 1. The Hall–Kier alpha value is -0.580. The smallest absolute Gasteiger partial charge is 0.122 e. The Labute approximate surface area is 112 Å². The van der Waals surface area contributed by atoms with Gasteiger partial charge in [0.1, 0.15) is 5.75 Å². The fourth-order valence-corrected chi connectivity index (χ4v) is 2.05. The highest BCUT2D eigenvalue weighted by atomic mass is 79.9. The maximum absolute atomic E-state index is 5.33. The molecule has 1 aromatic carbocycles. The third kappa shape index (κ3) is 5.52. The van der Waals surface area contributed by atoms with E-state index in [1.807, 2.05) is 12.1 Å². The van der Waals surface area contributed by atoms with Crippen molar-refractivity contribution in [3.63, 3.8) is 0 Å². The van der Waals surface area contributed by atoms with E-state index in [2.05, 4.69) is 39.6 Å². The normalized spacial score (nSPS) is 10.5. The Morgan fingerprint density at radius 3 is 2.65 bits per heavy atom. The average molecular weight is 301 g/mol. The van der Waals surface area contributed by atoms with Gasteiger partial charge < -0.3 is 15.4 Å². The highest BCUT2D eigenvalue weighted by Gasteiger charge is 2.02. The van der Waals surface area contributed by atoms with Crippen LogP contribution in [0.5, 0.6) is 5.75 Å². The molecule has 96 valence electrons. The molecule has 0 radical (unpaired) electrons. The van der Waals surface area contributed by atoms with Crippen molar-refractivity contribution in [3.8, 4) is 5.75 Å². The van der Waals surface area contributed by atoms with E-state index in [1.54, 1.807) is 7.11 Å². The van der Waals surface area contributed by atoms with Gasteiger partial charge in [-0.3, -0.25) is 0 Å². The first kappa shape index (κ1) is 14.5. The number of rotatable bonds is 8. The van der Waals surface area contributed by atoms with Crippen molar-refractivity contribution in [1.82, 2.24) is 10.6 Å². The van der Waals surface area contributed by atoms with E-state index >= 15 is 0 Å². The standard InChI is InChI=1S/C13H21BrN2O/c1-3-15-8-9-16-7-6-11-10-12(14)4-5-13(11)17-2/h4-5,10,15-16H,3,6-9H2,1-2H3. The zero-order valence-corrected chi connectivity index (χ0v) is 12.1. The lowest BCUT2D eigenvalue weighted by Crippen LogP contribution is -2.28. The zero-order valence-electron chi connectivity index (χ0n) is 10.6. The molecule has 3 nitrogen and oxygen atoms in total. The molecule has 4 heteroatoms. The first-order valence-electron chi connectivity index (χ1n) is 6.01. The fourth-order valence-electron chi connectivity index (χ4n) is 1.64. The molecule has 0 aliphatic carbocycles. The minimum Gasteiger partial charge on any atom is -0.496 e. The van der Waals surface area contributed by atoms with E-state index in [4.69, 9.17) is 4.74 Å². The summed E-state index contributed by atoms with van der Waals surface area (Å²) in [6.07, 6.45) is 0.981. The number of ether oxygens (including phenoxy) is 1. The lowest BCUT2D eigenvalue weighted by Gasteiger charge is -2.10. The highest BCUT2D eigenvalue weighted by molar-refractivity contribution is 9.10. The van der Waals surface area contributed by atoms with Gasteiger partial charge in [0.05, 0.1) is 7.11 Å². The minimum absolute atomic E-state index is 0.960. The van der Waals surface area contributed by atoms with Gasteiger partial charge in [-0.2, -0.15) is 0 Å². The molecule has 0 unspecified atom stereocenters. The first-order chi connectivity index (χ1) is 8.27. The fraction of sp³-hybridized carbons (Fsp3) is 0.538. The van der Waals surface area contributed by atoms with Crippen LogP contribution >= 0.6 is 15.9 Å². The van der Waals surface area contributed by atoms with E-state index in [0.717, 1.165) is 42.8 Å². The molecule has 0 fully saturated rings. The summed E-state index contributed by atoms with van der Waals surface area (Å²) >= 11 is 3.48. The third-order valence-corrected chi connectivity index (χ3v) is 3.04. The molecule has 0 aliphatic rings. The van der Waals surface area contributed by atoms with Crippen LogP contribution in [0.4, 0.5) is 0 Å². The van der Waals surface area contributed by atoms with Crippen LogP contribution in [-0.2, 0) is 6.42 Å². The molecule has 17 heavy (non-hydrogen) atoms. The number of halogens is 1. The quantitative estimate of drug-likeness (QED) is 0.722. The molecule has 1 aromatic rings. The van der Waals surface area contributed by atoms with Crippen LogP contribution in [0.1, 0.15) is 12.5 Å². The molecule has 0 bridgehead atoms. The number of nitrogens with one attached hydrogen (secondary N) is 2. The average Bonchev–Trinajstić information content (AvgIpc) is 2.34. The van der Waals surface area contributed by atoms with Crippen LogP contribution < -0.4 is 15.4 Å². The van der Waals surface area contributed by atoms with Gasteiger partial charge in [0.25, 0.3) is 0 Å². The Morgan fingerprint density at radius 2 is 1.94 bits per heavy atom. The molecule has 1 rings (SSSR count). The molecule has 2 N–H and O–H groups in total. The lowest BCUT2D eigenvalue weighted by atomic mass is 10.1. The van der Waals surface area contributed by atoms with Crippen molar-refractivity contribution in [2.24, 2.45) is 0 Å². The van der Waals surface area contributed by atoms with Gasteiger partial charge in [-0.25, -0.2) is 0 Å². The summed E-state index contributed by atoms with van der Waals surface area (Å²) in [4.78, 5) is 0. The predicted molar refractivity (Wildman–Crippen MR) is 75.8 cm³/mol. The SMILES string of the molecule is CCNCCNCCc1cc(Br)ccc1OC. The maximum Gasteiger partial charge on any atom is 0.122 e. The van der Waals surface area contributed by atoms with Crippen LogP contribution in [0, 0.1) is 0 Å². The number of hydrogen-bond donors (Lipinski definition) is 2. The maximum atomic E-state index is 5.33. The number of hydrogen-bond acceptors (Lipinski definition) is 3. The molecular formula is C13H21BrN2O. The molecule has 0 heterocycles. The minimum atomic E-state index is 0.960. The summed E-state index contributed by atoms with van der Waals surface area (Å²) in [5, 5.41) is 6.69. The van der Waals surface area contributed by atoms with Gasteiger partial charge in [-0.05, 0) is 43.3 Å². The molecule has 0 spiro atoms. The van der Waals surface area contributed by atoms with Crippen molar-refractivity contribution in [2.75, 3.05) is 33.3 Å². The van der Waals surface area contributed by atoms with Crippen molar-refractivity contribution >= 4 is 15.9 Å². The Kier molecular flexibility index (Phi) is 7.24. The van der Waals surface area contributed by atoms with Gasteiger partial charge >= 0.3 is 0 Å². The van der Waals surface area contributed by atoms with Crippen LogP contribution in [0.15, 0.2) is 22.7 Å². The Balaban J connectivity index is 2.32. The van der Waals surface area contributed by atoms with Crippen LogP contribution in [0.25, 0.3) is 0 Å². The van der Waals surface area contributed by atoms with Crippen molar-refractivity contribution in [2.45, 2.75) is 13.3 Å². The summed E-state index contributed by atoms with van der Waals surface area (Å²) < 4.78 is 6.43. The summed E-state index contributed by atoms with van der Waals surface area (Å²) in [5.74, 6) is 0.960. The van der Waals surface area contributed by atoms with Gasteiger partial charge in [-0.1, -0.05) is 22.9 Å². The van der Waals surface area contributed by atoms with Crippen molar-refractivity contribution in [1.29, 1.82) is 0 Å². The second-order valence-electron chi connectivity index (χ2n) is 3.81. The molecule has 0 amide bonds. The molecule has 0 saturated carbocycles. The molecule has 0 aliphatic heterocycles. The number of benzene rings is 1. The summed E-state index contributed by atoms with van der Waals surface area (Å²) in [5.41, 5.74) is 1.23. The van der Waals surface area contributed by atoms with E-state index < -0.39 is 0 Å². The van der Waals surface area contributed by atoms with Crippen LogP contribution in [0.3, 0.4) is 0 Å². The van der Waals surface area contributed by atoms with E-state index in [0.29, 0.717) is 0 Å².